The zero-order valence-electron chi connectivity index (χ0n) is 21.5. The number of hydrogen-bond acceptors (Lipinski definition) is 8. The van der Waals surface area contributed by atoms with Crippen LogP contribution in [-0.4, -0.2) is 63.0 Å². The van der Waals surface area contributed by atoms with Crippen molar-refractivity contribution in [2.45, 2.75) is 45.8 Å². The predicted octanol–water partition coefficient (Wildman–Crippen LogP) is 5.93. The van der Waals surface area contributed by atoms with Crippen molar-refractivity contribution >= 4 is 45.0 Å². The number of anilines is 1. The summed E-state index contributed by atoms with van der Waals surface area (Å²) in [5, 5.41) is 3.55. The third kappa shape index (κ3) is 7.85. The molecule has 1 N–H and O–H groups in total. The van der Waals surface area contributed by atoms with Gasteiger partial charge in [-0.1, -0.05) is 12.1 Å². The second kappa shape index (κ2) is 12.8. The fourth-order valence-electron chi connectivity index (χ4n) is 3.98. The third-order valence-electron chi connectivity index (χ3n) is 5.67. The zero-order valence-corrected chi connectivity index (χ0v) is 23.9. The van der Waals surface area contributed by atoms with Crippen LogP contribution < -0.4 is 10.1 Å². The lowest BCUT2D eigenvalue weighted by Crippen LogP contribution is -2.39. The third-order valence-corrected chi connectivity index (χ3v) is 7.89. The number of carbonyl (C=O) groups excluding carboxylic acids is 2. The summed E-state index contributed by atoms with van der Waals surface area (Å²) in [6.07, 6.45) is 1.63. The molecule has 1 amide bonds. The van der Waals surface area contributed by atoms with Gasteiger partial charge in [-0.05, 0) is 73.2 Å². The fraction of sp³-hybridized carbons (Fsp3) is 0.538. The Kier molecular flexibility index (Phi) is 10.0. The highest BCUT2D eigenvalue weighted by atomic mass is 79.9. The minimum absolute atomic E-state index is 0.181. The minimum Gasteiger partial charge on any atom is -0.479 e. The van der Waals surface area contributed by atoms with E-state index in [4.69, 9.17) is 18.9 Å². The van der Waals surface area contributed by atoms with E-state index in [1.807, 2.05) is 39.0 Å². The maximum atomic E-state index is 12.2. The minimum atomic E-state index is -0.571. The van der Waals surface area contributed by atoms with Gasteiger partial charge in [0.15, 0.2) is 12.4 Å². The van der Waals surface area contributed by atoms with Crippen LogP contribution in [0.4, 0.5) is 10.5 Å². The van der Waals surface area contributed by atoms with E-state index in [-0.39, 0.29) is 12.7 Å². The van der Waals surface area contributed by atoms with E-state index in [0.717, 1.165) is 58.0 Å². The van der Waals surface area contributed by atoms with Gasteiger partial charge in [0.1, 0.15) is 5.60 Å². The molecule has 3 rings (SSSR count). The molecule has 1 fully saturated rings. The Hall–Kier alpha value is -2.30. The van der Waals surface area contributed by atoms with Crippen molar-refractivity contribution in [2.24, 2.45) is 5.92 Å². The number of methoxy groups -OCH3 is 2. The molecule has 0 atom stereocenters. The number of nitrogens with zero attached hydrogens (tertiary/aromatic N) is 1. The molecule has 1 saturated heterocycles. The Labute approximate surface area is 225 Å². The van der Waals surface area contributed by atoms with Gasteiger partial charge in [-0.15, -0.1) is 11.3 Å². The summed E-state index contributed by atoms with van der Waals surface area (Å²) in [7, 11) is 3.05. The number of rotatable bonds is 9. The van der Waals surface area contributed by atoms with Crippen molar-refractivity contribution < 1.29 is 28.5 Å². The van der Waals surface area contributed by atoms with E-state index in [1.165, 1.54) is 7.11 Å². The van der Waals surface area contributed by atoms with Crippen molar-refractivity contribution in [3.05, 3.63) is 33.6 Å². The monoisotopic (exact) mass is 582 g/mol. The van der Waals surface area contributed by atoms with Crippen molar-refractivity contribution in [3.8, 4) is 16.2 Å². The van der Waals surface area contributed by atoms with E-state index in [9.17, 15) is 9.59 Å². The molecule has 198 valence electrons. The average Bonchev–Trinajstić information content (AvgIpc) is 3.15. The molecule has 1 aromatic carbocycles. The van der Waals surface area contributed by atoms with E-state index in [1.54, 1.807) is 23.3 Å². The van der Waals surface area contributed by atoms with Gasteiger partial charge in [-0.2, -0.15) is 0 Å². The molecule has 0 unspecified atom stereocenters. The smallest absolute Gasteiger partial charge is 0.409 e. The number of nitrogens with one attached hydrogen (secondary N) is 1. The highest BCUT2D eigenvalue weighted by Crippen LogP contribution is 2.46. The summed E-state index contributed by atoms with van der Waals surface area (Å²) in [6.45, 7) is 7.94. The Bertz CT molecular complexity index is 1040. The first-order valence-electron chi connectivity index (χ1n) is 11.9. The molecule has 0 aliphatic carbocycles. The molecule has 0 bridgehead atoms. The van der Waals surface area contributed by atoms with Crippen LogP contribution in [0, 0.1) is 5.92 Å². The van der Waals surface area contributed by atoms with Crippen molar-refractivity contribution in [3.63, 3.8) is 0 Å². The van der Waals surface area contributed by atoms with Crippen LogP contribution in [0.1, 0.15) is 38.5 Å². The number of piperidine rings is 1. The van der Waals surface area contributed by atoms with Gasteiger partial charge in [0.2, 0.25) is 0 Å². The van der Waals surface area contributed by atoms with E-state index >= 15 is 0 Å². The van der Waals surface area contributed by atoms with Crippen LogP contribution in [0.3, 0.4) is 0 Å². The molecule has 2 aromatic rings. The van der Waals surface area contributed by atoms with Crippen LogP contribution in [0.25, 0.3) is 10.4 Å². The first-order valence-corrected chi connectivity index (χ1v) is 13.5. The van der Waals surface area contributed by atoms with Gasteiger partial charge in [-0.3, -0.25) is 0 Å². The number of likely N-dealkylation sites (tertiary alicyclic amines) is 1. The highest BCUT2D eigenvalue weighted by molar-refractivity contribution is 9.10. The second-order valence-electron chi connectivity index (χ2n) is 9.67. The molecule has 36 heavy (non-hydrogen) atoms. The van der Waals surface area contributed by atoms with Crippen LogP contribution in [0.15, 0.2) is 28.7 Å². The molecule has 8 nitrogen and oxygen atoms in total. The number of esters is 1. The van der Waals surface area contributed by atoms with Crippen LogP contribution in [0.5, 0.6) is 5.75 Å². The van der Waals surface area contributed by atoms with Crippen molar-refractivity contribution in [1.82, 2.24) is 4.90 Å². The van der Waals surface area contributed by atoms with Crippen LogP contribution in [-0.2, 0) is 25.6 Å². The number of thiophene rings is 1. The Morgan fingerprint density at radius 1 is 1.19 bits per heavy atom. The Morgan fingerprint density at radius 3 is 2.56 bits per heavy atom. The number of amides is 1. The summed E-state index contributed by atoms with van der Waals surface area (Å²) in [5.41, 5.74) is 1.48. The normalized spacial score (nSPS) is 14.4. The van der Waals surface area contributed by atoms with Gasteiger partial charge >= 0.3 is 12.1 Å². The van der Waals surface area contributed by atoms with Crippen LogP contribution >= 0.6 is 27.3 Å². The van der Waals surface area contributed by atoms with Crippen molar-refractivity contribution in [1.29, 1.82) is 0 Å². The molecule has 0 radical (unpaired) electrons. The second-order valence-corrected chi connectivity index (χ2v) is 11.6. The molecule has 1 aromatic heterocycles. The maximum Gasteiger partial charge on any atom is 0.409 e. The van der Waals surface area contributed by atoms with Crippen LogP contribution in [0.2, 0.25) is 0 Å². The largest absolute Gasteiger partial charge is 0.479 e. The first kappa shape index (κ1) is 28.3. The molecule has 10 heteroatoms. The van der Waals surface area contributed by atoms with Crippen molar-refractivity contribution in [2.75, 3.05) is 45.8 Å². The molecule has 1 aliphatic heterocycles. The summed E-state index contributed by atoms with van der Waals surface area (Å²) in [4.78, 5) is 27.5. The number of halogens is 1. The Morgan fingerprint density at radius 2 is 1.92 bits per heavy atom. The summed E-state index contributed by atoms with van der Waals surface area (Å²) >= 11 is 5.25. The Balaban J connectivity index is 1.67. The van der Waals surface area contributed by atoms with Gasteiger partial charge in [0.25, 0.3) is 0 Å². The molecule has 0 spiro atoms. The summed E-state index contributed by atoms with van der Waals surface area (Å²) in [6, 6.07) is 8.21. The lowest BCUT2D eigenvalue weighted by atomic mass is 9.97. The molecule has 0 saturated carbocycles. The SMILES string of the molecule is COCc1sc(-c2cccc(NCC3CCN(C(=O)OC)CC3)c2)c(Br)c1OCC(=O)OC(C)(C)C. The van der Waals surface area contributed by atoms with Gasteiger partial charge < -0.3 is 29.2 Å². The number of carbonyl (C=O) groups is 2. The van der Waals surface area contributed by atoms with Gasteiger partial charge in [-0.25, -0.2) is 9.59 Å². The lowest BCUT2D eigenvalue weighted by Gasteiger charge is -2.31. The van der Waals surface area contributed by atoms with E-state index in [0.29, 0.717) is 18.3 Å². The first-order chi connectivity index (χ1) is 17.1. The standard InChI is InChI=1S/C26H35BrN2O6S/c1-26(2,3)35-21(30)16-34-23-20(15-32-4)36-24(22(23)27)18-7-6-8-19(13-18)28-14-17-9-11-29(12-10-17)25(31)33-5/h6-8,13,17,28H,9-12,14-16H2,1-5H3. The molecule has 1 aliphatic rings. The topological polar surface area (TPSA) is 86.3 Å². The average molecular weight is 584 g/mol. The van der Waals surface area contributed by atoms with E-state index in [2.05, 4.69) is 27.3 Å². The van der Waals surface area contributed by atoms with Gasteiger partial charge in [0.05, 0.1) is 27.9 Å². The fourth-order valence-corrected chi connectivity index (χ4v) is 6.04. The zero-order chi connectivity index (χ0) is 26.3. The molecular weight excluding hydrogens is 548 g/mol. The number of ether oxygens (including phenoxy) is 4. The summed E-state index contributed by atoms with van der Waals surface area (Å²) in [5.74, 6) is 0.664. The lowest BCUT2D eigenvalue weighted by molar-refractivity contribution is -0.157. The number of hydrogen-bond donors (Lipinski definition) is 1. The molecular formula is C26H35BrN2O6S. The van der Waals surface area contributed by atoms with E-state index < -0.39 is 11.6 Å². The predicted molar refractivity (Wildman–Crippen MR) is 145 cm³/mol. The maximum absolute atomic E-state index is 12.2. The van der Waals surface area contributed by atoms with Gasteiger partial charge in [0, 0.05) is 32.4 Å². The quantitative estimate of drug-likeness (QED) is 0.366. The summed E-state index contributed by atoms with van der Waals surface area (Å²) < 4.78 is 22.2. The highest BCUT2D eigenvalue weighted by Gasteiger charge is 2.24. The number of benzene rings is 1. The molecule has 2 heterocycles.